The van der Waals surface area contributed by atoms with E-state index in [0.29, 0.717) is 10.7 Å². The van der Waals surface area contributed by atoms with Gasteiger partial charge in [-0.3, -0.25) is 0 Å². The quantitative estimate of drug-likeness (QED) is 0.573. The fourth-order valence-electron chi connectivity index (χ4n) is 0.803. The molecule has 54 valence electrons. The van der Waals surface area contributed by atoms with Gasteiger partial charge in [-0.1, -0.05) is 17.7 Å². The minimum atomic E-state index is 0.657. The molecule has 0 radical (unpaired) electrons. The number of rotatable bonds is 0. The number of aryl methyl sites for hydroxylation is 1. The van der Waals surface area contributed by atoms with Crippen LogP contribution in [0.1, 0.15) is 11.1 Å². The summed E-state index contributed by atoms with van der Waals surface area (Å²) in [5.74, 6) is 0. The van der Waals surface area contributed by atoms with E-state index in [1.165, 1.54) is 5.56 Å². The maximum atomic E-state index is 5.86. The van der Waals surface area contributed by atoms with Gasteiger partial charge in [0.25, 0.3) is 0 Å². The van der Waals surface area contributed by atoms with E-state index in [9.17, 15) is 0 Å². The van der Waals surface area contributed by atoms with Crippen molar-refractivity contribution in [1.29, 1.82) is 0 Å². The average Bonchev–Trinajstić information content (AvgIpc) is 1.93. The minimum Gasteiger partial charge on any atom is -0.398 e. The first-order chi connectivity index (χ1) is 4.63. The van der Waals surface area contributed by atoms with Crippen LogP contribution in [-0.4, -0.2) is 0 Å². The molecule has 0 saturated carbocycles. The Morgan fingerprint density at radius 3 is 2.40 bits per heavy atom. The fourth-order valence-corrected chi connectivity index (χ4v) is 1.01. The van der Waals surface area contributed by atoms with Crippen LogP contribution in [0.5, 0.6) is 0 Å². The molecule has 2 N–H and O–H groups in total. The molecule has 2 heteroatoms. The maximum Gasteiger partial charge on any atom is 0.0667 e. The van der Waals surface area contributed by atoms with Gasteiger partial charge in [-0.05, 0) is 31.0 Å². The van der Waals surface area contributed by atoms with Gasteiger partial charge in [0, 0.05) is 0 Å². The van der Waals surface area contributed by atoms with Crippen LogP contribution < -0.4 is 5.73 Å². The molecule has 0 aliphatic carbocycles. The lowest BCUT2D eigenvalue weighted by Gasteiger charge is -2.03. The Hall–Kier alpha value is -0.690. The van der Waals surface area contributed by atoms with Crippen LogP contribution >= 0.6 is 11.6 Å². The highest BCUT2D eigenvalue weighted by Crippen LogP contribution is 2.24. The van der Waals surface area contributed by atoms with Crippen LogP contribution in [0.3, 0.4) is 0 Å². The van der Waals surface area contributed by atoms with Crippen molar-refractivity contribution in [3.63, 3.8) is 0 Å². The molecule has 1 aromatic carbocycles. The third-order valence-electron chi connectivity index (χ3n) is 1.69. The number of nitrogen functional groups attached to an aromatic ring is 1. The van der Waals surface area contributed by atoms with E-state index in [0.717, 1.165) is 5.56 Å². The number of nitrogens with two attached hydrogens (primary N) is 1. The van der Waals surface area contributed by atoms with E-state index in [1.807, 2.05) is 26.0 Å². The molecule has 1 nitrogen and oxygen atoms in total. The fraction of sp³-hybridized carbons (Fsp3) is 0.250. The smallest absolute Gasteiger partial charge is 0.0667 e. The van der Waals surface area contributed by atoms with Gasteiger partial charge >= 0.3 is 0 Å². The summed E-state index contributed by atoms with van der Waals surface area (Å²) >= 11 is 5.86. The molecular weight excluding hydrogens is 146 g/mol. The van der Waals surface area contributed by atoms with Crippen LogP contribution in [0.4, 0.5) is 5.69 Å². The second-order valence-electron chi connectivity index (χ2n) is 2.41. The molecule has 0 amide bonds. The van der Waals surface area contributed by atoms with Crippen molar-refractivity contribution in [2.45, 2.75) is 13.8 Å². The zero-order valence-corrected chi connectivity index (χ0v) is 6.87. The Kier molecular flexibility index (Phi) is 1.86. The van der Waals surface area contributed by atoms with Crippen molar-refractivity contribution in [2.75, 3.05) is 5.73 Å². The second kappa shape index (κ2) is 2.51. The highest BCUT2D eigenvalue weighted by molar-refractivity contribution is 6.33. The monoisotopic (exact) mass is 155 g/mol. The van der Waals surface area contributed by atoms with Crippen LogP contribution in [-0.2, 0) is 0 Å². The Labute approximate surface area is 65.8 Å². The summed E-state index contributed by atoms with van der Waals surface area (Å²) < 4.78 is 0. The third-order valence-corrected chi connectivity index (χ3v) is 2.19. The number of halogens is 1. The zero-order valence-electron chi connectivity index (χ0n) is 6.11. The molecule has 0 bridgehead atoms. The van der Waals surface area contributed by atoms with Crippen LogP contribution in [0.25, 0.3) is 0 Å². The Balaban J connectivity index is 3.34. The summed E-state index contributed by atoms with van der Waals surface area (Å²) in [7, 11) is 0. The van der Waals surface area contributed by atoms with Crippen LogP contribution in [0.2, 0.25) is 5.02 Å². The number of benzene rings is 1. The Morgan fingerprint density at radius 2 is 1.90 bits per heavy atom. The largest absolute Gasteiger partial charge is 0.398 e. The molecule has 0 aliphatic rings. The first kappa shape index (κ1) is 7.42. The zero-order chi connectivity index (χ0) is 7.72. The van der Waals surface area contributed by atoms with E-state index in [4.69, 9.17) is 17.3 Å². The van der Waals surface area contributed by atoms with Crippen molar-refractivity contribution in [2.24, 2.45) is 0 Å². The van der Waals surface area contributed by atoms with Gasteiger partial charge in [0.15, 0.2) is 0 Å². The first-order valence-corrected chi connectivity index (χ1v) is 3.52. The minimum absolute atomic E-state index is 0.657. The van der Waals surface area contributed by atoms with Crippen molar-refractivity contribution in [1.82, 2.24) is 0 Å². The summed E-state index contributed by atoms with van der Waals surface area (Å²) in [4.78, 5) is 0. The van der Waals surface area contributed by atoms with Crippen molar-refractivity contribution < 1.29 is 0 Å². The van der Waals surface area contributed by atoms with E-state index >= 15 is 0 Å². The van der Waals surface area contributed by atoms with Crippen LogP contribution in [0, 0.1) is 13.8 Å². The lowest BCUT2D eigenvalue weighted by Crippen LogP contribution is -1.90. The third kappa shape index (κ3) is 1.09. The van der Waals surface area contributed by atoms with Gasteiger partial charge < -0.3 is 5.73 Å². The molecule has 0 spiro atoms. The number of anilines is 1. The number of hydrogen-bond donors (Lipinski definition) is 1. The predicted molar refractivity (Wildman–Crippen MR) is 45.3 cm³/mol. The van der Waals surface area contributed by atoms with Crippen molar-refractivity contribution in [3.05, 3.63) is 28.3 Å². The van der Waals surface area contributed by atoms with E-state index in [2.05, 4.69) is 0 Å². The van der Waals surface area contributed by atoms with Crippen molar-refractivity contribution in [3.8, 4) is 0 Å². The number of hydrogen-bond acceptors (Lipinski definition) is 1. The molecule has 0 heterocycles. The molecule has 0 unspecified atom stereocenters. The first-order valence-electron chi connectivity index (χ1n) is 3.14. The molecule has 0 saturated heterocycles. The SMILES string of the molecule is Cc1ccc(N)c(Cl)c1C. The van der Waals surface area contributed by atoms with Gasteiger partial charge in [-0.2, -0.15) is 0 Å². The summed E-state index contributed by atoms with van der Waals surface area (Å²) in [5, 5.41) is 0.681. The molecule has 1 rings (SSSR count). The average molecular weight is 156 g/mol. The molecule has 1 aromatic rings. The highest BCUT2D eigenvalue weighted by Gasteiger charge is 2.00. The molecule has 0 aromatic heterocycles. The van der Waals surface area contributed by atoms with E-state index < -0.39 is 0 Å². The molecule has 0 aliphatic heterocycles. The van der Waals surface area contributed by atoms with E-state index in [-0.39, 0.29) is 0 Å². The van der Waals surface area contributed by atoms with Crippen molar-refractivity contribution >= 4 is 17.3 Å². The highest BCUT2D eigenvalue weighted by atomic mass is 35.5. The van der Waals surface area contributed by atoms with Gasteiger partial charge in [0.05, 0.1) is 10.7 Å². The molecule has 0 atom stereocenters. The Bertz CT molecular complexity index is 229. The summed E-state index contributed by atoms with van der Waals surface area (Å²) in [6.45, 7) is 3.98. The molecule has 10 heavy (non-hydrogen) atoms. The molecular formula is C8H10ClN. The summed E-state index contributed by atoms with van der Waals surface area (Å²) in [6, 6.07) is 3.79. The maximum absolute atomic E-state index is 5.86. The lowest BCUT2D eigenvalue weighted by molar-refractivity contribution is 1.34. The van der Waals surface area contributed by atoms with Crippen LogP contribution in [0.15, 0.2) is 12.1 Å². The van der Waals surface area contributed by atoms with E-state index in [1.54, 1.807) is 0 Å². The standard InChI is InChI=1S/C8H10ClN/c1-5-3-4-7(10)8(9)6(5)2/h3-4H,10H2,1-2H3. The second-order valence-corrected chi connectivity index (χ2v) is 2.79. The lowest BCUT2D eigenvalue weighted by atomic mass is 10.1. The van der Waals surface area contributed by atoms with Gasteiger partial charge in [0.2, 0.25) is 0 Å². The van der Waals surface area contributed by atoms with Gasteiger partial charge in [-0.15, -0.1) is 0 Å². The summed E-state index contributed by atoms with van der Waals surface area (Å²) in [6.07, 6.45) is 0. The predicted octanol–water partition coefficient (Wildman–Crippen LogP) is 2.54. The summed E-state index contributed by atoms with van der Waals surface area (Å²) in [5.41, 5.74) is 8.47. The topological polar surface area (TPSA) is 26.0 Å². The van der Waals surface area contributed by atoms with Gasteiger partial charge in [0.1, 0.15) is 0 Å². The van der Waals surface area contributed by atoms with Gasteiger partial charge in [-0.25, -0.2) is 0 Å². The molecule has 0 fully saturated rings. The normalized spacial score (nSPS) is 9.90. The Morgan fingerprint density at radius 1 is 1.30 bits per heavy atom.